The lowest BCUT2D eigenvalue weighted by molar-refractivity contribution is -0.131. The van der Waals surface area contributed by atoms with Gasteiger partial charge in [0.1, 0.15) is 5.82 Å². The molecule has 230 valence electrons. The molecule has 8 nitrogen and oxygen atoms in total. The molecular formula is C34H27BrClFN2O6. The summed E-state index contributed by atoms with van der Waals surface area (Å²) in [6.07, 6.45) is 2.30. The fraction of sp³-hybridized carbons (Fsp3) is 0.294. The Morgan fingerprint density at radius 1 is 0.956 bits per heavy atom. The minimum Gasteiger partial charge on any atom is -0.504 e. The highest BCUT2D eigenvalue weighted by molar-refractivity contribution is 9.10. The third-order valence-corrected chi connectivity index (χ3v) is 10.9. The van der Waals surface area contributed by atoms with Crippen molar-refractivity contribution >= 4 is 62.5 Å². The number of phenols is 1. The van der Waals surface area contributed by atoms with E-state index in [0.717, 1.165) is 21.0 Å². The third kappa shape index (κ3) is 4.14. The molecule has 4 aliphatic rings. The largest absolute Gasteiger partial charge is 0.504 e. The summed E-state index contributed by atoms with van der Waals surface area (Å²) in [5.74, 6) is -6.12. The van der Waals surface area contributed by atoms with Crippen molar-refractivity contribution in [3.8, 4) is 11.5 Å². The van der Waals surface area contributed by atoms with E-state index in [1.165, 1.54) is 24.1 Å². The normalized spacial score (nSPS) is 29.0. The Bertz CT molecular complexity index is 1850. The second-order valence-electron chi connectivity index (χ2n) is 12.1. The number of phenolic OH excluding ortho intramolecular Hbond substituents is 1. The van der Waals surface area contributed by atoms with Crippen molar-refractivity contribution in [2.24, 2.45) is 29.1 Å². The monoisotopic (exact) mass is 692 g/mol. The van der Waals surface area contributed by atoms with Crippen LogP contribution in [-0.2, 0) is 19.2 Å². The molecule has 2 saturated heterocycles. The molecular weight excluding hydrogens is 667 g/mol. The minimum absolute atomic E-state index is 0.129. The summed E-state index contributed by atoms with van der Waals surface area (Å²) in [6.45, 7) is 1.70. The number of nitrogens with zero attached hydrogens (tertiary/aromatic N) is 2. The summed E-state index contributed by atoms with van der Waals surface area (Å²) in [6, 6.07) is 15.6. The Morgan fingerprint density at radius 3 is 2.36 bits per heavy atom. The first kappa shape index (κ1) is 29.7. The first-order valence-corrected chi connectivity index (χ1v) is 15.7. The van der Waals surface area contributed by atoms with Crippen molar-refractivity contribution < 1.29 is 33.4 Å². The van der Waals surface area contributed by atoms with Gasteiger partial charge in [0.05, 0.1) is 46.7 Å². The number of para-hydroxylation sites is 1. The average Bonchev–Trinajstić information content (AvgIpc) is 3.39. The Labute approximate surface area is 271 Å². The molecule has 2 aliphatic carbocycles. The Balaban J connectivity index is 1.39. The summed E-state index contributed by atoms with van der Waals surface area (Å²) < 4.78 is 20.3. The highest BCUT2D eigenvalue weighted by Gasteiger charge is 2.68. The van der Waals surface area contributed by atoms with Gasteiger partial charge in [-0.2, -0.15) is 0 Å². The van der Waals surface area contributed by atoms with Crippen molar-refractivity contribution in [3.63, 3.8) is 0 Å². The minimum atomic E-state index is -1.39. The lowest BCUT2D eigenvalue weighted by Gasteiger charge is -2.49. The molecule has 0 spiro atoms. The number of halogens is 3. The fourth-order valence-corrected chi connectivity index (χ4v) is 8.45. The molecule has 7 rings (SSSR count). The zero-order valence-corrected chi connectivity index (χ0v) is 26.5. The zero-order chi connectivity index (χ0) is 31.9. The first-order valence-electron chi connectivity index (χ1n) is 14.5. The van der Waals surface area contributed by atoms with E-state index in [-0.39, 0.29) is 46.9 Å². The highest BCUT2D eigenvalue weighted by Crippen LogP contribution is 2.65. The predicted molar refractivity (Wildman–Crippen MR) is 167 cm³/mol. The second-order valence-corrected chi connectivity index (χ2v) is 13.5. The second kappa shape index (κ2) is 10.5. The maximum absolute atomic E-state index is 14.5. The predicted octanol–water partition coefficient (Wildman–Crippen LogP) is 6.39. The fourth-order valence-electron chi connectivity index (χ4n) is 8.01. The number of fused-ring (bicyclic) bond motifs is 4. The topological polar surface area (TPSA) is 104 Å². The summed E-state index contributed by atoms with van der Waals surface area (Å²) >= 11 is 9.45. The Kier molecular flexibility index (Phi) is 6.94. The summed E-state index contributed by atoms with van der Waals surface area (Å²) in [4.78, 5) is 58.9. The van der Waals surface area contributed by atoms with Crippen LogP contribution in [0.4, 0.5) is 15.8 Å². The van der Waals surface area contributed by atoms with Crippen LogP contribution < -0.4 is 14.5 Å². The van der Waals surface area contributed by atoms with Gasteiger partial charge in [-0.25, -0.2) is 9.29 Å². The summed E-state index contributed by atoms with van der Waals surface area (Å²) in [5.41, 5.74) is 0.284. The van der Waals surface area contributed by atoms with Crippen molar-refractivity contribution in [2.45, 2.75) is 25.7 Å². The SMILES string of the molecule is COc1cccc([C@H]2C3=CC[C@@H]4C(=O)N(c5ccc(Br)cc5)C(=O)[C@@H]4[C@@H]3C[C@H]3C(=O)N(c4ccc(F)c(Cl)c4)C(=O)[C@@]23C)c1O. The molecule has 1 N–H and O–H groups in total. The van der Waals surface area contributed by atoms with Gasteiger partial charge in [0.15, 0.2) is 11.5 Å². The number of anilines is 2. The van der Waals surface area contributed by atoms with E-state index in [9.17, 15) is 28.7 Å². The molecule has 6 atom stereocenters. The van der Waals surface area contributed by atoms with Crippen LogP contribution in [-0.4, -0.2) is 35.8 Å². The van der Waals surface area contributed by atoms with Gasteiger partial charge in [-0.15, -0.1) is 0 Å². The molecule has 3 aromatic rings. The number of hydrogen-bond acceptors (Lipinski definition) is 6. The standard InChI is InChI=1S/C34H27BrClFN2O6/c1-34-23(31(42)39(33(34)44)18-10-13-25(37)24(36)14-18)15-22-19(28(34)21-4-3-5-26(45-2)29(21)40)11-12-20-27(22)32(43)38(30(20)41)17-8-6-16(35)7-9-17/h3-11,13-14,20,22-23,27-28,40H,12,15H2,1-2H3/t20-,22+,23-,27-,28+,34+/m0/s1. The average molecular weight is 694 g/mol. The Hall–Kier alpha value is -4.02. The number of carbonyl (C=O) groups excluding carboxylic acids is 4. The van der Waals surface area contributed by atoms with Crippen LogP contribution in [0.3, 0.4) is 0 Å². The number of amides is 4. The molecule has 45 heavy (non-hydrogen) atoms. The highest BCUT2D eigenvalue weighted by atomic mass is 79.9. The molecule has 0 aromatic heterocycles. The van der Waals surface area contributed by atoms with Gasteiger partial charge in [0.2, 0.25) is 23.6 Å². The van der Waals surface area contributed by atoms with Crippen LogP contribution in [0.25, 0.3) is 0 Å². The number of hydrogen-bond donors (Lipinski definition) is 1. The lowest BCUT2D eigenvalue weighted by Crippen LogP contribution is -2.48. The van der Waals surface area contributed by atoms with Crippen LogP contribution in [0.15, 0.2) is 76.8 Å². The molecule has 0 unspecified atom stereocenters. The van der Waals surface area contributed by atoms with Gasteiger partial charge in [-0.05, 0) is 74.2 Å². The zero-order valence-electron chi connectivity index (χ0n) is 24.2. The van der Waals surface area contributed by atoms with E-state index >= 15 is 0 Å². The molecule has 2 heterocycles. The number of benzene rings is 3. The molecule has 11 heteroatoms. The number of allylic oxidation sites excluding steroid dienone is 2. The summed E-state index contributed by atoms with van der Waals surface area (Å²) in [5, 5.41) is 11.2. The molecule has 2 aliphatic heterocycles. The van der Waals surface area contributed by atoms with E-state index in [2.05, 4.69) is 15.9 Å². The molecule has 0 bridgehead atoms. The molecule has 3 aromatic carbocycles. The molecule has 1 saturated carbocycles. The van der Waals surface area contributed by atoms with Crippen molar-refractivity contribution in [1.29, 1.82) is 0 Å². The third-order valence-electron chi connectivity index (χ3n) is 10.1. The van der Waals surface area contributed by atoms with Crippen molar-refractivity contribution in [1.82, 2.24) is 0 Å². The lowest BCUT2D eigenvalue weighted by atomic mass is 9.51. The van der Waals surface area contributed by atoms with Gasteiger partial charge in [-0.3, -0.25) is 24.1 Å². The van der Waals surface area contributed by atoms with E-state index in [1.54, 1.807) is 49.4 Å². The number of aromatic hydroxyl groups is 1. The maximum atomic E-state index is 14.5. The van der Waals surface area contributed by atoms with Crippen LogP contribution in [0.1, 0.15) is 31.2 Å². The summed E-state index contributed by atoms with van der Waals surface area (Å²) in [7, 11) is 1.42. The van der Waals surface area contributed by atoms with E-state index in [0.29, 0.717) is 11.3 Å². The van der Waals surface area contributed by atoms with Gasteiger partial charge in [0.25, 0.3) is 0 Å². The first-order chi connectivity index (χ1) is 21.5. The van der Waals surface area contributed by atoms with E-state index in [4.69, 9.17) is 16.3 Å². The van der Waals surface area contributed by atoms with Gasteiger partial charge >= 0.3 is 0 Å². The van der Waals surface area contributed by atoms with Crippen LogP contribution in [0.5, 0.6) is 11.5 Å². The van der Waals surface area contributed by atoms with Crippen LogP contribution >= 0.6 is 27.5 Å². The van der Waals surface area contributed by atoms with E-state index in [1.807, 2.05) is 6.08 Å². The van der Waals surface area contributed by atoms with Gasteiger partial charge in [0, 0.05) is 16.0 Å². The molecule has 0 radical (unpaired) electrons. The number of ether oxygens (including phenoxy) is 1. The van der Waals surface area contributed by atoms with E-state index < -0.39 is 52.6 Å². The van der Waals surface area contributed by atoms with Crippen molar-refractivity contribution in [3.05, 3.63) is 93.2 Å². The Morgan fingerprint density at radius 2 is 1.67 bits per heavy atom. The maximum Gasteiger partial charge on any atom is 0.241 e. The number of methoxy groups -OCH3 is 1. The van der Waals surface area contributed by atoms with Gasteiger partial charge in [-0.1, -0.05) is 51.3 Å². The van der Waals surface area contributed by atoms with Crippen molar-refractivity contribution in [2.75, 3.05) is 16.9 Å². The van der Waals surface area contributed by atoms with Crippen LogP contribution in [0, 0.1) is 34.9 Å². The number of rotatable bonds is 4. The molecule has 3 fully saturated rings. The smallest absolute Gasteiger partial charge is 0.241 e. The molecule has 4 amide bonds. The van der Waals surface area contributed by atoms with Gasteiger partial charge < -0.3 is 9.84 Å². The quantitative estimate of drug-likeness (QED) is 0.251. The van der Waals surface area contributed by atoms with Crippen LogP contribution in [0.2, 0.25) is 5.02 Å². The number of imide groups is 2. The number of carbonyl (C=O) groups is 4.